The molecule has 0 radical (unpaired) electrons. The van der Waals surface area contributed by atoms with Gasteiger partial charge < -0.3 is 4.74 Å². The smallest absolute Gasteiger partial charge is 0.278 e. The number of carbonyl (C=O) groups is 1. The molecule has 0 aliphatic rings. The number of benzene rings is 1. The molecule has 0 spiro atoms. The molecule has 2 heterocycles. The van der Waals surface area contributed by atoms with E-state index >= 15 is 0 Å². The Morgan fingerprint density at radius 1 is 1.46 bits per heavy atom. The fraction of sp³-hybridized carbons (Fsp3) is 0.214. The number of nitro groups is 1. The number of anilines is 1. The highest BCUT2D eigenvalue weighted by atomic mass is 32.1. The standard InChI is InChI=1S/C14H13N5O4S/c1-7-6-18(2)17-11(7)13(20)16-14-15-12-9(23-3)4-8(19(21)22)5-10(12)24-14/h4-6H,1-3H3,(H,15,16,20). The summed E-state index contributed by atoms with van der Waals surface area (Å²) in [5, 5.41) is 18.1. The molecule has 0 atom stereocenters. The van der Waals surface area contributed by atoms with Gasteiger partial charge in [-0.1, -0.05) is 11.3 Å². The van der Waals surface area contributed by atoms with Crippen molar-refractivity contribution >= 4 is 38.3 Å². The van der Waals surface area contributed by atoms with Gasteiger partial charge >= 0.3 is 0 Å². The van der Waals surface area contributed by atoms with E-state index in [1.54, 1.807) is 24.9 Å². The fourth-order valence-electron chi connectivity index (χ4n) is 2.29. The van der Waals surface area contributed by atoms with Gasteiger partial charge in [0.1, 0.15) is 5.52 Å². The first-order valence-electron chi connectivity index (χ1n) is 6.83. The Balaban J connectivity index is 1.97. The van der Waals surface area contributed by atoms with Crippen LogP contribution in [0.4, 0.5) is 10.8 Å². The second-order valence-corrected chi connectivity index (χ2v) is 6.09. The van der Waals surface area contributed by atoms with Gasteiger partial charge in [-0.25, -0.2) is 4.98 Å². The topological polar surface area (TPSA) is 112 Å². The molecule has 2 aromatic heterocycles. The number of non-ortho nitro benzene ring substituents is 1. The fourth-order valence-corrected chi connectivity index (χ4v) is 3.20. The summed E-state index contributed by atoms with van der Waals surface area (Å²) in [5.41, 5.74) is 1.40. The molecule has 1 N–H and O–H groups in total. The minimum Gasteiger partial charge on any atom is -0.494 e. The Labute approximate surface area is 140 Å². The number of ether oxygens (including phenoxy) is 1. The van der Waals surface area contributed by atoms with Crippen molar-refractivity contribution in [3.8, 4) is 5.75 Å². The Hall–Kier alpha value is -3.01. The maximum atomic E-state index is 12.3. The van der Waals surface area contributed by atoms with Gasteiger partial charge in [0, 0.05) is 24.9 Å². The summed E-state index contributed by atoms with van der Waals surface area (Å²) in [7, 11) is 3.14. The quantitative estimate of drug-likeness (QED) is 0.573. The lowest BCUT2D eigenvalue weighted by Crippen LogP contribution is -2.13. The average molecular weight is 347 g/mol. The van der Waals surface area contributed by atoms with Crippen LogP contribution in [0.15, 0.2) is 18.3 Å². The van der Waals surface area contributed by atoms with E-state index in [0.29, 0.717) is 21.0 Å². The van der Waals surface area contributed by atoms with Crippen LogP contribution in [0.2, 0.25) is 0 Å². The van der Waals surface area contributed by atoms with Crippen molar-refractivity contribution in [2.45, 2.75) is 6.92 Å². The Morgan fingerprint density at radius 2 is 2.21 bits per heavy atom. The summed E-state index contributed by atoms with van der Waals surface area (Å²) in [6.45, 7) is 1.78. The number of nitrogens with zero attached hydrogens (tertiary/aromatic N) is 4. The lowest BCUT2D eigenvalue weighted by atomic mass is 10.2. The minimum absolute atomic E-state index is 0.0959. The Kier molecular flexibility index (Phi) is 3.89. The first-order chi connectivity index (χ1) is 11.4. The third-order valence-electron chi connectivity index (χ3n) is 3.32. The van der Waals surface area contributed by atoms with Crippen molar-refractivity contribution in [1.82, 2.24) is 14.8 Å². The highest BCUT2D eigenvalue weighted by molar-refractivity contribution is 7.22. The van der Waals surface area contributed by atoms with Gasteiger partial charge in [0.15, 0.2) is 16.6 Å². The molecular formula is C14H13N5O4S. The summed E-state index contributed by atoms with van der Waals surface area (Å²) >= 11 is 1.13. The first kappa shape index (κ1) is 15.9. The van der Waals surface area contributed by atoms with Crippen LogP contribution in [-0.2, 0) is 7.05 Å². The summed E-state index contributed by atoms with van der Waals surface area (Å²) in [4.78, 5) is 27.1. The maximum absolute atomic E-state index is 12.3. The molecule has 0 saturated carbocycles. The number of carbonyl (C=O) groups excluding carboxylic acids is 1. The van der Waals surface area contributed by atoms with Gasteiger partial charge in [-0.2, -0.15) is 5.10 Å². The van der Waals surface area contributed by atoms with Crippen molar-refractivity contribution in [3.05, 3.63) is 39.7 Å². The Bertz CT molecular complexity index is 962. The van der Waals surface area contributed by atoms with Crippen molar-refractivity contribution in [1.29, 1.82) is 0 Å². The third kappa shape index (κ3) is 2.78. The second-order valence-electron chi connectivity index (χ2n) is 5.06. The molecule has 0 bridgehead atoms. The number of nitro benzene ring substituents is 1. The molecule has 1 aromatic carbocycles. The number of fused-ring (bicyclic) bond motifs is 1. The summed E-state index contributed by atoms with van der Waals surface area (Å²) in [6, 6.07) is 2.70. The van der Waals surface area contributed by atoms with E-state index in [1.807, 2.05) is 0 Å². The third-order valence-corrected chi connectivity index (χ3v) is 4.24. The van der Waals surface area contributed by atoms with Gasteiger partial charge in [0.2, 0.25) is 0 Å². The van der Waals surface area contributed by atoms with Crippen LogP contribution in [0.25, 0.3) is 10.2 Å². The number of aryl methyl sites for hydroxylation is 2. The van der Waals surface area contributed by atoms with E-state index in [2.05, 4.69) is 15.4 Å². The molecule has 0 aliphatic carbocycles. The van der Waals surface area contributed by atoms with E-state index in [1.165, 1.54) is 19.2 Å². The number of hydrogen-bond acceptors (Lipinski definition) is 7. The molecule has 10 heteroatoms. The molecule has 0 saturated heterocycles. The van der Waals surface area contributed by atoms with Crippen LogP contribution < -0.4 is 10.1 Å². The minimum atomic E-state index is -0.503. The molecule has 0 unspecified atom stereocenters. The summed E-state index contributed by atoms with van der Waals surface area (Å²) in [5.74, 6) is -0.106. The van der Waals surface area contributed by atoms with E-state index < -0.39 is 4.92 Å². The molecule has 3 rings (SSSR count). The van der Waals surface area contributed by atoms with Crippen molar-refractivity contribution in [3.63, 3.8) is 0 Å². The van der Waals surface area contributed by atoms with Crippen molar-refractivity contribution in [2.75, 3.05) is 12.4 Å². The normalized spacial score (nSPS) is 10.8. The lowest BCUT2D eigenvalue weighted by Gasteiger charge is -2.00. The Morgan fingerprint density at radius 3 is 2.79 bits per heavy atom. The van der Waals surface area contributed by atoms with E-state index in [4.69, 9.17) is 4.74 Å². The van der Waals surface area contributed by atoms with Crippen LogP contribution in [0, 0.1) is 17.0 Å². The number of thiazole rings is 1. The number of rotatable bonds is 4. The van der Waals surface area contributed by atoms with Gasteiger partial charge in [0.25, 0.3) is 11.6 Å². The zero-order valence-electron chi connectivity index (χ0n) is 13.1. The van der Waals surface area contributed by atoms with Crippen molar-refractivity contribution in [2.24, 2.45) is 7.05 Å². The van der Waals surface area contributed by atoms with Gasteiger partial charge in [0.05, 0.1) is 22.8 Å². The molecular weight excluding hydrogens is 334 g/mol. The predicted octanol–water partition coefficient (Wildman–Crippen LogP) is 2.51. The zero-order chi connectivity index (χ0) is 17.4. The van der Waals surface area contributed by atoms with Crippen LogP contribution in [0.3, 0.4) is 0 Å². The summed E-state index contributed by atoms with van der Waals surface area (Å²) < 4.78 is 7.26. The van der Waals surface area contributed by atoms with E-state index in [-0.39, 0.29) is 17.3 Å². The van der Waals surface area contributed by atoms with E-state index in [9.17, 15) is 14.9 Å². The highest BCUT2D eigenvalue weighted by Crippen LogP contribution is 2.36. The van der Waals surface area contributed by atoms with Crippen LogP contribution in [-0.4, -0.2) is 32.7 Å². The predicted molar refractivity (Wildman–Crippen MR) is 88.7 cm³/mol. The van der Waals surface area contributed by atoms with Crippen molar-refractivity contribution < 1.29 is 14.5 Å². The molecule has 9 nitrogen and oxygen atoms in total. The largest absolute Gasteiger partial charge is 0.494 e. The SMILES string of the molecule is COc1cc([N+](=O)[O-])cc2sc(NC(=O)c3nn(C)cc3C)nc12. The average Bonchev–Trinajstić information content (AvgIpc) is 3.07. The number of nitrogens with one attached hydrogen (secondary N) is 1. The van der Waals surface area contributed by atoms with Gasteiger partial charge in [-0.3, -0.25) is 24.9 Å². The summed E-state index contributed by atoms with van der Waals surface area (Å²) in [6.07, 6.45) is 1.74. The molecule has 3 aromatic rings. The number of methoxy groups -OCH3 is 1. The van der Waals surface area contributed by atoms with Gasteiger partial charge in [-0.15, -0.1) is 0 Å². The lowest BCUT2D eigenvalue weighted by molar-refractivity contribution is -0.384. The molecule has 0 aliphatic heterocycles. The maximum Gasteiger partial charge on any atom is 0.278 e. The highest BCUT2D eigenvalue weighted by Gasteiger charge is 2.19. The second kappa shape index (κ2) is 5.89. The van der Waals surface area contributed by atoms with Crippen LogP contribution in [0.1, 0.15) is 16.1 Å². The monoisotopic (exact) mass is 347 g/mol. The van der Waals surface area contributed by atoms with Gasteiger partial charge in [-0.05, 0) is 6.92 Å². The zero-order valence-corrected chi connectivity index (χ0v) is 13.9. The molecule has 124 valence electrons. The number of hydrogen-bond donors (Lipinski definition) is 1. The van der Waals surface area contributed by atoms with E-state index in [0.717, 1.165) is 16.9 Å². The molecule has 24 heavy (non-hydrogen) atoms. The van der Waals surface area contributed by atoms with Crippen LogP contribution in [0.5, 0.6) is 5.75 Å². The first-order valence-corrected chi connectivity index (χ1v) is 7.65. The number of aromatic nitrogens is 3. The molecule has 1 amide bonds. The number of amides is 1. The van der Waals surface area contributed by atoms with Crippen LogP contribution >= 0.6 is 11.3 Å². The molecule has 0 fully saturated rings.